The van der Waals surface area contributed by atoms with Gasteiger partial charge < -0.3 is 21.5 Å². The van der Waals surface area contributed by atoms with Crippen molar-refractivity contribution < 1.29 is 38.3 Å². The zero-order valence-electron chi connectivity index (χ0n) is 30.3. The molecule has 0 unspecified atom stereocenters. The fourth-order valence-corrected chi connectivity index (χ4v) is 9.41. The van der Waals surface area contributed by atoms with E-state index in [1.807, 2.05) is 24.3 Å². The maximum atomic E-state index is 12.8. The van der Waals surface area contributed by atoms with E-state index in [0.717, 1.165) is 89.4 Å². The number of benzene rings is 6. The second-order valence-corrected chi connectivity index (χ2v) is 18.4. The SMILES string of the molecule is CCCC[N+]1(CCCC)Cc2c(-c3ccc(S(C)(=O)=O)cc3)cc3ccccc3c2-c2c(c(-c3cccc(S(C)(=O)=O)c3)cc3ccccc23)C1.[Br-]. The summed E-state index contributed by atoms with van der Waals surface area (Å²) >= 11 is 0. The molecule has 0 spiro atoms. The predicted octanol–water partition coefficient (Wildman–Crippen LogP) is 7.24. The van der Waals surface area contributed by atoms with Gasteiger partial charge in [0.25, 0.3) is 0 Å². The fourth-order valence-electron chi connectivity index (χ4n) is 8.11. The van der Waals surface area contributed by atoms with Gasteiger partial charge in [0.1, 0.15) is 13.1 Å². The summed E-state index contributed by atoms with van der Waals surface area (Å²) in [5.74, 6) is 0. The van der Waals surface area contributed by atoms with Gasteiger partial charge in [-0.15, -0.1) is 0 Å². The van der Waals surface area contributed by atoms with Gasteiger partial charge in [0, 0.05) is 34.8 Å². The number of unbranched alkanes of at least 4 members (excludes halogenated alkanes) is 2. The molecular formula is C44H46BrNO4S2. The molecule has 270 valence electrons. The quantitative estimate of drug-likeness (QED) is 0.137. The van der Waals surface area contributed by atoms with E-state index in [1.54, 1.807) is 18.2 Å². The first-order chi connectivity index (χ1) is 24.4. The molecule has 1 heterocycles. The smallest absolute Gasteiger partial charge is 0.175 e. The van der Waals surface area contributed by atoms with E-state index in [4.69, 9.17) is 0 Å². The molecule has 0 aromatic heterocycles. The van der Waals surface area contributed by atoms with Crippen molar-refractivity contribution in [1.29, 1.82) is 0 Å². The van der Waals surface area contributed by atoms with Crippen LogP contribution in [0.3, 0.4) is 0 Å². The van der Waals surface area contributed by atoms with Crippen LogP contribution in [-0.2, 0) is 32.8 Å². The van der Waals surface area contributed by atoms with Crippen LogP contribution in [0.5, 0.6) is 0 Å². The largest absolute Gasteiger partial charge is 1.00 e. The van der Waals surface area contributed by atoms with Crippen LogP contribution in [-0.4, -0.2) is 46.9 Å². The Kier molecular flexibility index (Phi) is 10.9. The Morgan fingerprint density at radius 3 is 1.50 bits per heavy atom. The van der Waals surface area contributed by atoms with E-state index < -0.39 is 19.7 Å². The lowest BCUT2D eigenvalue weighted by Gasteiger charge is -2.39. The van der Waals surface area contributed by atoms with Gasteiger partial charge >= 0.3 is 0 Å². The molecule has 8 heteroatoms. The van der Waals surface area contributed by atoms with Crippen LogP contribution in [0.2, 0.25) is 0 Å². The number of hydrogen-bond donors (Lipinski definition) is 0. The Balaban J connectivity index is 0.00000464. The molecular weight excluding hydrogens is 751 g/mol. The van der Waals surface area contributed by atoms with E-state index in [-0.39, 0.29) is 17.0 Å². The summed E-state index contributed by atoms with van der Waals surface area (Å²) in [6.45, 7) is 8.19. The van der Waals surface area contributed by atoms with Crippen molar-refractivity contribution in [3.63, 3.8) is 0 Å². The molecule has 0 bridgehead atoms. The molecule has 1 aliphatic heterocycles. The van der Waals surface area contributed by atoms with Gasteiger partial charge in [0.15, 0.2) is 19.7 Å². The third kappa shape index (κ3) is 7.23. The van der Waals surface area contributed by atoms with Gasteiger partial charge in [-0.05, 0) is 93.0 Å². The molecule has 6 aromatic rings. The summed E-state index contributed by atoms with van der Waals surface area (Å²) in [5.41, 5.74) is 9.06. The van der Waals surface area contributed by atoms with Gasteiger partial charge in [-0.2, -0.15) is 0 Å². The first-order valence-corrected chi connectivity index (χ1v) is 21.8. The first kappa shape index (κ1) is 37.9. The lowest BCUT2D eigenvalue weighted by atomic mass is 9.82. The number of nitrogens with zero attached hydrogens (tertiary/aromatic N) is 1. The number of hydrogen-bond acceptors (Lipinski definition) is 4. The topological polar surface area (TPSA) is 68.3 Å². The molecule has 0 N–H and O–H groups in total. The molecule has 0 fully saturated rings. The van der Waals surface area contributed by atoms with E-state index >= 15 is 0 Å². The highest BCUT2D eigenvalue weighted by molar-refractivity contribution is 7.91. The number of sulfone groups is 2. The van der Waals surface area contributed by atoms with E-state index in [9.17, 15) is 16.8 Å². The van der Waals surface area contributed by atoms with Gasteiger partial charge in [0.05, 0.1) is 22.9 Å². The fraction of sp³-hybridized carbons (Fsp3) is 0.273. The predicted molar refractivity (Wildman–Crippen MR) is 211 cm³/mol. The second-order valence-electron chi connectivity index (χ2n) is 14.4. The standard InChI is InChI=1S/C44H46NO4S2.BrH/c1-5-7-24-45(25-8-6-2)29-41-39(31-20-22-35(23-21-31)50(3,46)47)27-33-14-9-11-18-37(33)43(41)44-38-19-12-10-15-34(38)28-40(42(44)30-45)32-16-13-17-36(26-32)51(4,48)49;/h9-23,26-28H,5-8,24-25,29-30H2,1-4H3;1H/q+1;/p-1. The Morgan fingerprint density at radius 1 is 0.538 bits per heavy atom. The van der Waals surface area contributed by atoms with Crippen LogP contribution in [0.15, 0.2) is 119 Å². The van der Waals surface area contributed by atoms with Crippen molar-refractivity contribution >= 4 is 41.2 Å². The number of fused-ring (bicyclic) bond motifs is 7. The maximum Gasteiger partial charge on any atom is 0.175 e. The van der Waals surface area contributed by atoms with Crippen LogP contribution >= 0.6 is 0 Å². The minimum atomic E-state index is -3.42. The Bertz CT molecular complexity index is 2500. The highest BCUT2D eigenvalue weighted by atomic mass is 79.9. The van der Waals surface area contributed by atoms with Gasteiger partial charge in [-0.25, -0.2) is 16.8 Å². The van der Waals surface area contributed by atoms with E-state index in [1.165, 1.54) is 45.5 Å². The van der Waals surface area contributed by atoms with E-state index in [0.29, 0.717) is 9.79 Å². The summed E-state index contributed by atoms with van der Waals surface area (Å²) < 4.78 is 51.5. The molecule has 52 heavy (non-hydrogen) atoms. The normalized spacial score (nSPS) is 14.0. The average Bonchev–Trinajstić information content (AvgIpc) is 3.27. The minimum absolute atomic E-state index is 0. The highest BCUT2D eigenvalue weighted by Crippen LogP contribution is 2.50. The highest BCUT2D eigenvalue weighted by Gasteiger charge is 2.37. The molecule has 7 rings (SSSR count). The van der Waals surface area contributed by atoms with Gasteiger partial charge in [-0.3, -0.25) is 0 Å². The van der Waals surface area contributed by atoms with Crippen LogP contribution < -0.4 is 17.0 Å². The minimum Gasteiger partial charge on any atom is -1.00 e. The number of quaternary nitrogens is 1. The van der Waals surface area contributed by atoms with Crippen molar-refractivity contribution in [1.82, 2.24) is 0 Å². The summed E-state index contributed by atoms with van der Waals surface area (Å²) in [4.78, 5) is 0.630. The summed E-state index contributed by atoms with van der Waals surface area (Å²) in [6, 6.07) is 36.6. The molecule has 0 radical (unpaired) electrons. The molecule has 0 saturated heterocycles. The first-order valence-electron chi connectivity index (χ1n) is 18.0. The van der Waals surface area contributed by atoms with Crippen molar-refractivity contribution in [2.45, 2.75) is 62.4 Å². The number of rotatable bonds is 10. The molecule has 1 aliphatic rings. The molecule has 6 aromatic carbocycles. The Hall–Kier alpha value is -3.82. The lowest BCUT2D eigenvalue weighted by Crippen LogP contribution is -3.00. The zero-order valence-corrected chi connectivity index (χ0v) is 33.5. The summed E-state index contributed by atoms with van der Waals surface area (Å²) in [6.07, 6.45) is 6.88. The summed E-state index contributed by atoms with van der Waals surface area (Å²) in [7, 11) is -6.77. The molecule has 5 nitrogen and oxygen atoms in total. The van der Waals surface area contributed by atoms with Crippen molar-refractivity contribution in [3.8, 4) is 33.4 Å². The average molecular weight is 797 g/mol. The molecule has 0 atom stereocenters. The van der Waals surface area contributed by atoms with Crippen LogP contribution in [0.4, 0.5) is 0 Å². The van der Waals surface area contributed by atoms with Crippen molar-refractivity contribution in [3.05, 3.63) is 120 Å². The van der Waals surface area contributed by atoms with Crippen molar-refractivity contribution in [2.75, 3.05) is 25.6 Å². The van der Waals surface area contributed by atoms with Crippen LogP contribution in [0.1, 0.15) is 50.7 Å². The third-order valence-electron chi connectivity index (χ3n) is 10.7. The second kappa shape index (κ2) is 14.9. The molecule has 0 aliphatic carbocycles. The number of halogens is 1. The van der Waals surface area contributed by atoms with Crippen LogP contribution in [0.25, 0.3) is 54.9 Å². The molecule has 0 amide bonds. The Labute approximate surface area is 319 Å². The lowest BCUT2D eigenvalue weighted by molar-refractivity contribution is -0.953. The zero-order chi connectivity index (χ0) is 36.0. The monoisotopic (exact) mass is 795 g/mol. The van der Waals surface area contributed by atoms with Crippen LogP contribution in [0, 0.1) is 0 Å². The van der Waals surface area contributed by atoms with Gasteiger partial charge in [-0.1, -0.05) is 99.5 Å². The third-order valence-corrected chi connectivity index (χ3v) is 12.9. The van der Waals surface area contributed by atoms with Crippen molar-refractivity contribution in [2.24, 2.45) is 0 Å². The van der Waals surface area contributed by atoms with E-state index in [2.05, 4.69) is 80.6 Å². The summed E-state index contributed by atoms with van der Waals surface area (Å²) in [5, 5.41) is 4.59. The van der Waals surface area contributed by atoms with Gasteiger partial charge in [0.2, 0.25) is 0 Å². The maximum absolute atomic E-state index is 12.8. The molecule has 0 saturated carbocycles. The Morgan fingerprint density at radius 2 is 1.02 bits per heavy atom.